The Kier molecular flexibility index (Phi) is 5.83. The first-order valence-corrected chi connectivity index (χ1v) is 8.10. The van der Waals surface area contributed by atoms with Gasteiger partial charge in [0.25, 0.3) is 5.91 Å². The number of pyridine rings is 1. The van der Waals surface area contributed by atoms with Crippen molar-refractivity contribution < 1.29 is 4.79 Å². The number of amides is 1. The van der Waals surface area contributed by atoms with Gasteiger partial charge in [-0.25, -0.2) is 4.98 Å². The Morgan fingerprint density at radius 1 is 1.23 bits per heavy atom. The number of carbonyl (C=O) groups excluding carboxylic acids is 1. The lowest BCUT2D eigenvalue weighted by molar-refractivity contribution is 0.0949. The number of H-pyrrole nitrogens is 1. The third-order valence-corrected chi connectivity index (χ3v) is 3.16. The average molecular weight is 315 g/mol. The molecule has 0 saturated carbocycles. The molecule has 22 heavy (non-hydrogen) atoms. The van der Waals surface area contributed by atoms with E-state index < -0.39 is 0 Å². The summed E-state index contributed by atoms with van der Waals surface area (Å²) >= 11 is 3.79. The third kappa shape index (κ3) is 3.60. The highest BCUT2D eigenvalue weighted by atomic mass is 32.1. The summed E-state index contributed by atoms with van der Waals surface area (Å²) < 4.78 is 0. The van der Waals surface area contributed by atoms with Gasteiger partial charge in [-0.3, -0.25) is 4.79 Å². The molecule has 4 nitrogen and oxygen atoms in total. The van der Waals surface area contributed by atoms with E-state index in [2.05, 4.69) is 27.9 Å². The van der Waals surface area contributed by atoms with Gasteiger partial charge in [-0.05, 0) is 24.3 Å². The highest BCUT2D eigenvalue weighted by Gasteiger charge is 2.10. The minimum atomic E-state index is -0.117. The van der Waals surface area contributed by atoms with Crippen LogP contribution in [0.1, 0.15) is 30.8 Å². The summed E-state index contributed by atoms with van der Waals surface area (Å²) in [6.07, 6.45) is 2.64. The molecular formula is C17H21N3OS. The highest BCUT2D eigenvalue weighted by molar-refractivity contribution is 7.80. The van der Waals surface area contributed by atoms with E-state index in [0.717, 1.165) is 34.0 Å². The maximum Gasteiger partial charge on any atom is 0.269 e. The summed E-state index contributed by atoms with van der Waals surface area (Å²) in [7, 11) is 0. The van der Waals surface area contributed by atoms with Crippen LogP contribution in [0.2, 0.25) is 0 Å². The van der Waals surface area contributed by atoms with E-state index in [9.17, 15) is 4.79 Å². The Labute approximate surface area is 135 Å². The Balaban J connectivity index is 0.000000545. The van der Waals surface area contributed by atoms with Crippen molar-refractivity contribution in [3.8, 4) is 0 Å². The molecule has 0 atom stereocenters. The van der Waals surface area contributed by atoms with Crippen LogP contribution in [0.4, 0.5) is 0 Å². The first-order valence-electron chi connectivity index (χ1n) is 7.46. The molecule has 1 amide bonds. The zero-order chi connectivity index (χ0) is 15.9. The number of hydrogen-bond donors (Lipinski definition) is 3. The Morgan fingerprint density at radius 3 is 2.68 bits per heavy atom. The quantitative estimate of drug-likeness (QED) is 0.644. The second kappa shape index (κ2) is 7.84. The van der Waals surface area contributed by atoms with Crippen molar-refractivity contribution in [3.05, 3.63) is 42.2 Å². The normalized spacial score (nSPS) is 10.3. The number of nitrogens with zero attached hydrogens (tertiary/aromatic N) is 1. The molecule has 0 saturated heterocycles. The summed E-state index contributed by atoms with van der Waals surface area (Å²) in [4.78, 5) is 19.4. The predicted molar refractivity (Wildman–Crippen MR) is 95.8 cm³/mol. The van der Waals surface area contributed by atoms with Gasteiger partial charge < -0.3 is 10.3 Å². The minimum absolute atomic E-state index is 0.117. The molecule has 5 heteroatoms. The van der Waals surface area contributed by atoms with Gasteiger partial charge >= 0.3 is 0 Å². The van der Waals surface area contributed by atoms with E-state index in [4.69, 9.17) is 0 Å². The van der Waals surface area contributed by atoms with Gasteiger partial charge in [0.05, 0.1) is 11.7 Å². The van der Waals surface area contributed by atoms with E-state index in [1.165, 1.54) is 0 Å². The van der Waals surface area contributed by atoms with Gasteiger partial charge in [-0.15, -0.1) is 0 Å². The van der Waals surface area contributed by atoms with Crippen LogP contribution < -0.4 is 5.32 Å². The van der Waals surface area contributed by atoms with E-state index in [0.29, 0.717) is 12.2 Å². The SMILES string of the molecule is CCCNC(=O)c1cc2c(cn1)[nH]c1ccccc12.CCS. The molecule has 0 aliphatic heterocycles. The number of carbonyl (C=O) groups is 1. The summed E-state index contributed by atoms with van der Waals surface area (Å²) in [5, 5.41) is 4.99. The summed E-state index contributed by atoms with van der Waals surface area (Å²) in [5.41, 5.74) is 2.48. The summed E-state index contributed by atoms with van der Waals surface area (Å²) in [6.45, 7) is 4.69. The van der Waals surface area contributed by atoms with E-state index >= 15 is 0 Å². The van der Waals surface area contributed by atoms with Gasteiger partial charge in [0.15, 0.2) is 0 Å². The zero-order valence-corrected chi connectivity index (χ0v) is 13.8. The lowest BCUT2D eigenvalue weighted by Gasteiger charge is -2.02. The van der Waals surface area contributed by atoms with Crippen LogP contribution in [-0.4, -0.2) is 28.2 Å². The van der Waals surface area contributed by atoms with Crippen molar-refractivity contribution in [2.24, 2.45) is 0 Å². The molecule has 0 bridgehead atoms. The molecule has 0 spiro atoms. The number of para-hydroxylation sites is 1. The molecule has 1 aromatic carbocycles. The van der Waals surface area contributed by atoms with Crippen molar-refractivity contribution in [2.75, 3.05) is 12.3 Å². The first kappa shape index (κ1) is 16.4. The van der Waals surface area contributed by atoms with E-state index in [1.807, 2.05) is 44.2 Å². The van der Waals surface area contributed by atoms with Crippen LogP contribution >= 0.6 is 12.6 Å². The second-order valence-electron chi connectivity index (χ2n) is 4.86. The number of thiol groups is 1. The summed E-state index contributed by atoms with van der Waals surface area (Å²) in [5.74, 6) is 0.828. The molecule has 2 N–H and O–H groups in total. The zero-order valence-electron chi connectivity index (χ0n) is 12.9. The van der Waals surface area contributed by atoms with Gasteiger partial charge in [0, 0.05) is 22.8 Å². The molecule has 116 valence electrons. The van der Waals surface area contributed by atoms with Gasteiger partial charge in [-0.2, -0.15) is 12.6 Å². The molecule has 3 rings (SSSR count). The number of aromatic nitrogens is 2. The molecule has 0 radical (unpaired) electrons. The van der Waals surface area contributed by atoms with Crippen LogP contribution in [-0.2, 0) is 0 Å². The number of benzene rings is 1. The number of hydrogen-bond acceptors (Lipinski definition) is 3. The fourth-order valence-electron chi connectivity index (χ4n) is 2.20. The van der Waals surface area contributed by atoms with Crippen LogP contribution in [0.25, 0.3) is 21.8 Å². The van der Waals surface area contributed by atoms with Crippen LogP contribution in [0.5, 0.6) is 0 Å². The predicted octanol–water partition coefficient (Wildman–Crippen LogP) is 3.79. The number of aromatic amines is 1. The van der Waals surface area contributed by atoms with E-state index in [-0.39, 0.29) is 5.91 Å². The standard InChI is InChI=1S/C15H15N3O.C2H6S/c1-2-7-16-15(19)13-8-11-10-5-3-4-6-12(10)18-14(11)9-17-13;1-2-3/h3-6,8-9,18H,2,7H2,1H3,(H,16,19);3H,2H2,1H3. The Hall–Kier alpha value is -2.01. The van der Waals surface area contributed by atoms with Crippen molar-refractivity contribution in [2.45, 2.75) is 20.3 Å². The van der Waals surface area contributed by atoms with Crippen molar-refractivity contribution in [1.29, 1.82) is 0 Å². The molecule has 0 fully saturated rings. The summed E-state index contributed by atoms with van der Waals surface area (Å²) in [6, 6.07) is 9.89. The molecule has 2 aromatic heterocycles. The Bertz CT molecular complexity index is 767. The fraction of sp³-hybridized carbons (Fsp3) is 0.294. The smallest absolute Gasteiger partial charge is 0.269 e. The second-order valence-corrected chi connectivity index (χ2v) is 5.49. The van der Waals surface area contributed by atoms with Crippen LogP contribution in [0.3, 0.4) is 0 Å². The van der Waals surface area contributed by atoms with Crippen LogP contribution in [0.15, 0.2) is 36.5 Å². The third-order valence-electron chi connectivity index (χ3n) is 3.16. The highest BCUT2D eigenvalue weighted by Crippen LogP contribution is 2.24. The molecule has 3 aromatic rings. The van der Waals surface area contributed by atoms with Crippen molar-refractivity contribution in [1.82, 2.24) is 15.3 Å². The molecule has 0 aliphatic carbocycles. The monoisotopic (exact) mass is 315 g/mol. The topological polar surface area (TPSA) is 57.8 Å². The largest absolute Gasteiger partial charge is 0.353 e. The molecule has 2 heterocycles. The number of fused-ring (bicyclic) bond motifs is 3. The van der Waals surface area contributed by atoms with Gasteiger partial charge in [0.1, 0.15) is 5.69 Å². The van der Waals surface area contributed by atoms with Crippen molar-refractivity contribution in [3.63, 3.8) is 0 Å². The van der Waals surface area contributed by atoms with Gasteiger partial charge in [0.2, 0.25) is 0 Å². The maximum absolute atomic E-state index is 11.9. The van der Waals surface area contributed by atoms with E-state index in [1.54, 1.807) is 6.20 Å². The van der Waals surface area contributed by atoms with Crippen molar-refractivity contribution >= 4 is 40.3 Å². The molecule has 0 unspecified atom stereocenters. The maximum atomic E-state index is 11.9. The number of nitrogens with one attached hydrogen (secondary N) is 2. The fourth-order valence-corrected chi connectivity index (χ4v) is 2.20. The lowest BCUT2D eigenvalue weighted by atomic mass is 10.1. The number of rotatable bonds is 3. The van der Waals surface area contributed by atoms with Crippen LogP contribution in [0, 0.1) is 0 Å². The minimum Gasteiger partial charge on any atom is -0.353 e. The first-order chi connectivity index (χ1) is 10.7. The molecular weight excluding hydrogens is 294 g/mol. The molecule has 0 aliphatic rings. The van der Waals surface area contributed by atoms with Gasteiger partial charge in [-0.1, -0.05) is 32.0 Å². The Morgan fingerprint density at radius 2 is 1.95 bits per heavy atom. The lowest BCUT2D eigenvalue weighted by Crippen LogP contribution is -2.24. The average Bonchev–Trinajstić information content (AvgIpc) is 2.91.